The topological polar surface area (TPSA) is 86.8 Å². The molecule has 218 valence electrons. The van der Waals surface area contributed by atoms with Crippen LogP contribution in [0.5, 0.6) is 0 Å². The normalized spacial score (nSPS) is 14.5. The van der Waals surface area contributed by atoms with Crippen molar-refractivity contribution < 1.29 is 18.0 Å². The lowest BCUT2D eigenvalue weighted by Gasteiger charge is -2.33. The van der Waals surface area contributed by atoms with Gasteiger partial charge in [0.15, 0.2) is 0 Å². The predicted molar refractivity (Wildman–Crippen MR) is 166 cm³/mol. The van der Waals surface area contributed by atoms with Gasteiger partial charge in [-0.15, -0.1) is 0 Å². The first-order valence-electron chi connectivity index (χ1n) is 14.0. The van der Waals surface area contributed by atoms with E-state index in [0.29, 0.717) is 5.69 Å². The molecular formula is C32H38BrN3O4S. The lowest BCUT2D eigenvalue weighted by atomic mass is 10.1. The number of hydrogen-bond donors (Lipinski definition) is 1. The maximum absolute atomic E-state index is 14.1. The predicted octanol–water partition coefficient (Wildman–Crippen LogP) is 6.05. The summed E-state index contributed by atoms with van der Waals surface area (Å²) in [7, 11) is -4.10. The Bertz CT molecular complexity index is 1480. The van der Waals surface area contributed by atoms with Crippen molar-refractivity contribution in [1.82, 2.24) is 10.2 Å². The van der Waals surface area contributed by atoms with Crippen molar-refractivity contribution in [3.63, 3.8) is 0 Å². The second-order valence-corrected chi connectivity index (χ2v) is 13.7. The van der Waals surface area contributed by atoms with Crippen LogP contribution >= 0.6 is 15.9 Å². The molecule has 0 unspecified atom stereocenters. The van der Waals surface area contributed by atoms with Gasteiger partial charge in [-0.3, -0.25) is 13.9 Å². The summed E-state index contributed by atoms with van der Waals surface area (Å²) in [5.41, 5.74) is 3.91. The fraction of sp³-hybridized carbons (Fsp3) is 0.375. The Labute approximate surface area is 252 Å². The molecule has 1 fully saturated rings. The highest BCUT2D eigenvalue weighted by molar-refractivity contribution is 9.10. The van der Waals surface area contributed by atoms with Gasteiger partial charge in [-0.2, -0.15) is 0 Å². The number of rotatable bonds is 10. The van der Waals surface area contributed by atoms with Crippen LogP contribution in [0.15, 0.2) is 76.1 Å². The van der Waals surface area contributed by atoms with Gasteiger partial charge < -0.3 is 10.2 Å². The van der Waals surface area contributed by atoms with E-state index in [-0.39, 0.29) is 23.4 Å². The largest absolute Gasteiger partial charge is 0.352 e. The monoisotopic (exact) mass is 639 g/mol. The first-order chi connectivity index (χ1) is 19.5. The van der Waals surface area contributed by atoms with Crippen LogP contribution in [-0.4, -0.2) is 43.8 Å². The molecule has 4 rings (SSSR count). The molecule has 3 aromatic rings. The van der Waals surface area contributed by atoms with E-state index < -0.39 is 28.5 Å². The highest BCUT2D eigenvalue weighted by atomic mass is 79.9. The summed E-state index contributed by atoms with van der Waals surface area (Å²) in [6, 6.07) is 18.9. The summed E-state index contributed by atoms with van der Waals surface area (Å²) in [6.07, 6.45) is 3.99. The van der Waals surface area contributed by atoms with Crippen LogP contribution in [0.3, 0.4) is 0 Å². The van der Waals surface area contributed by atoms with E-state index in [0.717, 1.165) is 52.4 Å². The maximum atomic E-state index is 14.1. The van der Waals surface area contributed by atoms with E-state index >= 15 is 0 Å². The first-order valence-corrected chi connectivity index (χ1v) is 16.2. The third kappa shape index (κ3) is 7.57. The molecule has 0 spiro atoms. The van der Waals surface area contributed by atoms with Crippen molar-refractivity contribution in [1.29, 1.82) is 0 Å². The molecule has 1 N–H and O–H groups in total. The third-order valence-electron chi connectivity index (χ3n) is 7.64. The molecule has 1 aliphatic rings. The number of aryl methyl sites for hydroxylation is 3. The van der Waals surface area contributed by atoms with Crippen molar-refractivity contribution in [2.24, 2.45) is 0 Å². The van der Waals surface area contributed by atoms with Gasteiger partial charge in [-0.05, 0) is 82.0 Å². The van der Waals surface area contributed by atoms with Gasteiger partial charge in [0, 0.05) is 17.1 Å². The molecule has 1 aliphatic carbocycles. The SMILES string of the molecule is Cc1ccc(S(=O)(=O)N(CC(=O)N(Cc2ccc(Br)cc2)[C@@H](C)C(=O)NC2CCCC2)c2ccc(C)cc2C)cc1. The van der Waals surface area contributed by atoms with Gasteiger partial charge >= 0.3 is 0 Å². The summed E-state index contributed by atoms with van der Waals surface area (Å²) in [5.74, 6) is -0.695. The van der Waals surface area contributed by atoms with Crippen LogP contribution in [0.4, 0.5) is 5.69 Å². The zero-order valence-electron chi connectivity index (χ0n) is 24.1. The van der Waals surface area contributed by atoms with E-state index in [1.165, 1.54) is 9.21 Å². The highest BCUT2D eigenvalue weighted by Gasteiger charge is 2.33. The van der Waals surface area contributed by atoms with E-state index in [1.54, 1.807) is 37.3 Å². The van der Waals surface area contributed by atoms with Crippen molar-refractivity contribution in [3.8, 4) is 0 Å². The molecule has 0 aromatic heterocycles. The summed E-state index contributed by atoms with van der Waals surface area (Å²) in [5, 5.41) is 3.10. The van der Waals surface area contributed by atoms with Crippen LogP contribution in [0.25, 0.3) is 0 Å². The summed E-state index contributed by atoms with van der Waals surface area (Å²) in [6.45, 7) is 7.08. The number of nitrogens with one attached hydrogen (secondary N) is 1. The molecule has 3 aromatic carbocycles. The van der Waals surface area contributed by atoms with Gasteiger partial charge in [-0.25, -0.2) is 8.42 Å². The second-order valence-electron chi connectivity index (χ2n) is 10.9. The van der Waals surface area contributed by atoms with Crippen LogP contribution in [0.2, 0.25) is 0 Å². The molecule has 1 saturated carbocycles. The fourth-order valence-corrected chi connectivity index (χ4v) is 6.94. The Kier molecular flexibility index (Phi) is 9.92. The van der Waals surface area contributed by atoms with Gasteiger partial charge in [0.2, 0.25) is 11.8 Å². The molecule has 0 saturated heterocycles. The number of carbonyl (C=O) groups is 2. The van der Waals surface area contributed by atoms with Crippen molar-refractivity contribution >= 4 is 43.5 Å². The second kappa shape index (κ2) is 13.2. The average Bonchev–Trinajstić information content (AvgIpc) is 3.44. The molecule has 0 aliphatic heterocycles. The number of nitrogens with zero attached hydrogens (tertiary/aromatic N) is 2. The number of halogens is 1. The molecular weight excluding hydrogens is 602 g/mol. The zero-order chi connectivity index (χ0) is 29.7. The van der Waals surface area contributed by atoms with Crippen molar-refractivity contribution in [3.05, 3.63) is 93.5 Å². The Morgan fingerprint density at radius 2 is 1.54 bits per heavy atom. The number of amides is 2. The van der Waals surface area contributed by atoms with Gasteiger partial charge in [0.05, 0.1) is 10.6 Å². The lowest BCUT2D eigenvalue weighted by Crippen LogP contribution is -2.52. The van der Waals surface area contributed by atoms with E-state index in [4.69, 9.17) is 0 Å². The number of hydrogen-bond acceptors (Lipinski definition) is 4. The van der Waals surface area contributed by atoms with E-state index in [1.807, 2.05) is 57.2 Å². The van der Waals surface area contributed by atoms with Crippen LogP contribution in [0.1, 0.15) is 54.9 Å². The molecule has 2 amide bonds. The quantitative estimate of drug-likeness (QED) is 0.293. The minimum Gasteiger partial charge on any atom is -0.352 e. The van der Waals surface area contributed by atoms with Crippen molar-refractivity contribution in [2.45, 2.75) is 76.9 Å². The van der Waals surface area contributed by atoms with Gasteiger partial charge in [0.25, 0.3) is 10.0 Å². The average molecular weight is 641 g/mol. The first kappa shape index (κ1) is 30.8. The summed E-state index contributed by atoms with van der Waals surface area (Å²) < 4.78 is 30.2. The fourth-order valence-electron chi connectivity index (χ4n) is 5.20. The Hall–Kier alpha value is -3.17. The summed E-state index contributed by atoms with van der Waals surface area (Å²) in [4.78, 5) is 29.0. The zero-order valence-corrected chi connectivity index (χ0v) is 26.5. The number of benzene rings is 3. The van der Waals surface area contributed by atoms with E-state index in [9.17, 15) is 18.0 Å². The smallest absolute Gasteiger partial charge is 0.264 e. The third-order valence-corrected chi connectivity index (χ3v) is 9.95. The van der Waals surface area contributed by atoms with Gasteiger partial charge in [-0.1, -0.05) is 76.3 Å². The molecule has 7 nitrogen and oxygen atoms in total. The standard InChI is InChI=1S/C32H38BrN3O4S/c1-22-9-16-29(17-10-22)41(39,40)36(30-18-11-23(2)19-24(30)3)21-31(37)35(20-26-12-14-27(33)15-13-26)25(4)32(38)34-28-7-5-6-8-28/h9-19,25,28H,5-8,20-21H2,1-4H3,(H,34,38)/t25-/m0/s1. The molecule has 1 atom stereocenters. The molecule has 9 heteroatoms. The Morgan fingerprint density at radius 1 is 0.927 bits per heavy atom. The van der Waals surface area contributed by atoms with E-state index in [2.05, 4.69) is 21.2 Å². The van der Waals surface area contributed by atoms with Crippen LogP contribution in [0, 0.1) is 20.8 Å². The van der Waals surface area contributed by atoms with Crippen LogP contribution in [-0.2, 0) is 26.2 Å². The lowest BCUT2D eigenvalue weighted by molar-refractivity contribution is -0.139. The molecule has 0 radical (unpaired) electrons. The Balaban J connectivity index is 1.70. The number of carbonyl (C=O) groups excluding carboxylic acids is 2. The van der Waals surface area contributed by atoms with Gasteiger partial charge in [0.1, 0.15) is 12.6 Å². The summed E-state index contributed by atoms with van der Waals surface area (Å²) >= 11 is 3.44. The molecule has 0 bridgehead atoms. The Morgan fingerprint density at radius 3 is 2.15 bits per heavy atom. The molecule has 0 heterocycles. The minimum absolute atomic E-state index is 0.0994. The van der Waals surface area contributed by atoms with Crippen molar-refractivity contribution in [2.75, 3.05) is 10.8 Å². The highest BCUT2D eigenvalue weighted by Crippen LogP contribution is 2.28. The molecule has 41 heavy (non-hydrogen) atoms. The van der Waals surface area contributed by atoms with Crippen LogP contribution < -0.4 is 9.62 Å². The maximum Gasteiger partial charge on any atom is 0.264 e. The number of anilines is 1. The number of sulfonamides is 1. The minimum atomic E-state index is -4.10.